The number of hydrogen-bond acceptors (Lipinski definition) is 4. The molecule has 4 rings (SSSR count). The smallest absolute Gasteiger partial charge is 0.290 e. The van der Waals surface area contributed by atoms with E-state index in [1.807, 2.05) is 0 Å². The van der Waals surface area contributed by atoms with Crippen molar-refractivity contribution in [1.29, 1.82) is 0 Å². The SMILES string of the molecule is CC[C@@]1(C(=O)N2CCOCC2)C[C@@H]2CC[C@H]1N2CCc1ccccc1.O=CO. The monoisotopic (exact) mass is 388 g/mol. The van der Waals surface area contributed by atoms with Gasteiger partial charge in [-0.25, -0.2) is 0 Å². The van der Waals surface area contributed by atoms with Gasteiger partial charge in [-0.3, -0.25) is 14.5 Å². The summed E-state index contributed by atoms with van der Waals surface area (Å²) in [7, 11) is 0. The van der Waals surface area contributed by atoms with Crippen molar-refractivity contribution in [1.82, 2.24) is 9.80 Å². The van der Waals surface area contributed by atoms with Crippen molar-refractivity contribution in [3.05, 3.63) is 35.9 Å². The van der Waals surface area contributed by atoms with Gasteiger partial charge >= 0.3 is 0 Å². The van der Waals surface area contributed by atoms with Gasteiger partial charge in [-0.15, -0.1) is 0 Å². The summed E-state index contributed by atoms with van der Waals surface area (Å²) in [6.45, 7) is 5.96. The summed E-state index contributed by atoms with van der Waals surface area (Å²) >= 11 is 0. The number of fused-ring (bicyclic) bond motifs is 2. The summed E-state index contributed by atoms with van der Waals surface area (Å²) in [6, 6.07) is 11.8. The third kappa shape index (κ3) is 4.08. The van der Waals surface area contributed by atoms with Crippen LogP contribution in [0.5, 0.6) is 0 Å². The first-order valence-corrected chi connectivity index (χ1v) is 10.4. The average molecular weight is 389 g/mol. The molecule has 3 saturated heterocycles. The number of benzene rings is 1. The number of hydrogen-bond donors (Lipinski definition) is 1. The van der Waals surface area contributed by atoms with Crippen molar-refractivity contribution < 1.29 is 19.4 Å². The van der Waals surface area contributed by atoms with Crippen LogP contribution in [-0.2, 0) is 20.7 Å². The molecule has 2 bridgehead atoms. The number of ether oxygens (including phenoxy) is 1. The van der Waals surface area contributed by atoms with Crippen LogP contribution < -0.4 is 0 Å². The van der Waals surface area contributed by atoms with Crippen LogP contribution >= 0.6 is 0 Å². The van der Waals surface area contributed by atoms with Crippen molar-refractivity contribution in [2.45, 2.75) is 51.1 Å². The fourth-order valence-corrected chi connectivity index (χ4v) is 5.39. The zero-order chi connectivity index (χ0) is 20.0. The van der Waals surface area contributed by atoms with E-state index in [-0.39, 0.29) is 11.9 Å². The molecule has 0 spiro atoms. The Morgan fingerprint density at radius 2 is 1.93 bits per heavy atom. The second-order valence-electron chi connectivity index (χ2n) is 7.94. The highest BCUT2D eigenvalue weighted by molar-refractivity contribution is 5.84. The van der Waals surface area contributed by atoms with Crippen molar-refractivity contribution in [2.24, 2.45) is 5.41 Å². The second-order valence-corrected chi connectivity index (χ2v) is 7.94. The predicted molar refractivity (Wildman–Crippen MR) is 107 cm³/mol. The van der Waals surface area contributed by atoms with E-state index >= 15 is 0 Å². The molecule has 1 aromatic rings. The van der Waals surface area contributed by atoms with Crippen LogP contribution in [0.1, 0.15) is 38.2 Å². The molecule has 3 aliphatic rings. The Labute approximate surface area is 167 Å². The van der Waals surface area contributed by atoms with Crippen LogP contribution in [0.15, 0.2) is 30.3 Å². The maximum atomic E-state index is 13.4. The molecule has 0 aliphatic carbocycles. The minimum atomic E-state index is -0.250. The molecule has 0 unspecified atom stereocenters. The van der Waals surface area contributed by atoms with E-state index in [0.717, 1.165) is 38.9 Å². The standard InChI is InChI=1S/C21H30N2O2.CH2O2/c1-2-21(20(24)22-12-14-25-15-13-22)16-18-8-9-19(21)23(18)11-10-17-6-4-3-5-7-17;2-1-3/h3-7,18-19H,2,8-16H2,1H3;1H,(H,2,3)/t18-,19+,21+;/m0./s1. The summed E-state index contributed by atoms with van der Waals surface area (Å²) in [6.07, 6.45) is 5.55. The summed E-state index contributed by atoms with van der Waals surface area (Å²) in [5.74, 6) is 0.398. The topological polar surface area (TPSA) is 70.1 Å². The van der Waals surface area contributed by atoms with Crippen molar-refractivity contribution in [2.75, 3.05) is 32.8 Å². The Morgan fingerprint density at radius 3 is 2.57 bits per heavy atom. The molecule has 3 fully saturated rings. The molecule has 28 heavy (non-hydrogen) atoms. The van der Waals surface area contributed by atoms with Gasteiger partial charge in [0, 0.05) is 31.7 Å². The highest BCUT2D eigenvalue weighted by Crippen LogP contribution is 2.52. The maximum absolute atomic E-state index is 13.4. The van der Waals surface area contributed by atoms with Crippen molar-refractivity contribution >= 4 is 12.4 Å². The van der Waals surface area contributed by atoms with Crippen LogP contribution in [0, 0.1) is 5.41 Å². The van der Waals surface area contributed by atoms with Crippen LogP contribution in [0.3, 0.4) is 0 Å². The van der Waals surface area contributed by atoms with Gasteiger partial charge in [-0.05, 0) is 37.7 Å². The van der Waals surface area contributed by atoms with E-state index in [1.165, 1.54) is 18.4 Å². The van der Waals surface area contributed by atoms with E-state index < -0.39 is 0 Å². The van der Waals surface area contributed by atoms with Crippen LogP contribution in [0.25, 0.3) is 0 Å². The van der Waals surface area contributed by atoms with Crippen LogP contribution in [0.2, 0.25) is 0 Å². The summed E-state index contributed by atoms with van der Waals surface area (Å²) in [5.41, 5.74) is 1.24. The van der Waals surface area contributed by atoms with Crippen molar-refractivity contribution in [3.63, 3.8) is 0 Å². The molecule has 1 amide bonds. The highest BCUT2D eigenvalue weighted by atomic mass is 16.5. The van der Waals surface area contributed by atoms with E-state index in [2.05, 4.69) is 47.1 Å². The Hall–Kier alpha value is -1.92. The van der Waals surface area contributed by atoms with E-state index in [9.17, 15) is 4.79 Å². The van der Waals surface area contributed by atoms with Gasteiger partial charge in [-0.2, -0.15) is 0 Å². The lowest BCUT2D eigenvalue weighted by atomic mass is 9.70. The molecule has 1 N–H and O–H groups in total. The zero-order valence-electron chi connectivity index (χ0n) is 16.8. The Bertz CT molecular complexity index is 647. The summed E-state index contributed by atoms with van der Waals surface area (Å²) in [4.78, 5) is 26.5. The highest BCUT2D eigenvalue weighted by Gasteiger charge is 2.59. The lowest BCUT2D eigenvalue weighted by Gasteiger charge is -2.40. The number of carboxylic acid groups (broad SMARTS) is 1. The number of carbonyl (C=O) groups excluding carboxylic acids is 1. The largest absolute Gasteiger partial charge is 0.483 e. The first kappa shape index (κ1) is 20.8. The number of rotatable bonds is 5. The molecule has 0 aromatic heterocycles. The van der Waals surface area contributed by atoms with Gasteiger partial charge in [0.15, 0.2) is 0 Å². The number of amides is 1. The molecular formula is C22H32N2O4. The molecule has 0 saturated carbocycles. The quantitative estimate of drug-likeness (QED) is 0.785. The fourth-order valence-electron chi connectivity index (χ4n) is 5.39. The molecule has 3 atom stereocenters. The molecule has 3 aliphatic heterocycles. The first-order valence-electron chi connectivity index (χ1n) is 10.4. The minimum Gasteiger partial charge on any atom is -0.483 e. The first-order chi connectivity index (χ1) is 13.7. The second kappa shape index (κ2) is 9.52. The third-order valence-corrected chi connectivity index (χ3v) is 6.74. The number of carbonyl (C=O) groups is 2. The molecule has 6 nitrogen and oxygen atoms in total. The van der Waals surface area contributed by atoms with Gasteiger partial charge in [-0.1, -0.05) is 37.3 Å². The van der Waals surface area contributed by atoms with Gasteiger partial charge in [0.2, 0.25) is 5.91 Å². The Kier molecular flexibility index (Phi) is 7.08. The molecular weight excluding hydrogens is 356 g/mol. The average Bonchev–Trinajstić information content (AvgIpc) is 3.29. The molecule has 154 valence electrons. The maximum Gasteiger partial charge on any atom is 0.290 e. The predicted octanol–water partition coefficient (Wildman–Crippen LogP) is 2.42. The van der Waals surface area contributed by atoms with Crippen molar-refractivity contribution in [3.8, 4) is 0 Å². The van der Waals surface area contributed by atoms with Gasteiger partial charge in [0.1, 0.15) is 0 Å². The Morgan fingerprint density at radius 1 is 1.25 bits per heavy atom. The summed E-state index contributed by atoms with van der Waals surface area (Å²) in [5, 5.41) is 6.89. The normalized spacial score (nSPS) is 29.2. The Balaban J connectivity index is 0.000000706. The van der Waals surface area contributed by atoms with E-state index in [4.69, 9.17) is 14.6 Å². The van der Waals surface area contributed by atoms with E-state index in [0.29, 0.717) is 31.2 Å². The fraction of sp³-hybridized carbons (Fsp3) is 0.636. The third-order valence-electron chi connectivity index (χ3n) is 6.74. The lowest BCUT2D eigenvalue weighted by molar-refractivity contribution is -0.148. The number of nitrogens with zero attached hydrogens (tertiary/aromatic N) is 2. The molecule has 6 heteroatoms. The van der Waals surface area contributed by atoms with Gasteiger partial charge < -0.3 is 14.7 Å². The minimum absolute atomic E-state index is 0.156. The lowest BCUT2D eigenvalue weighted by Crippen LogP contribution is -2.53. The summed E-state index contributed by atoms with van der Waals surface area (Å²) < 4.78 is 5.45. The van der Waals surface area contributed by atoms with Gasteiger partial charge in [0.25, 0.3) is 6.47 Å². The molecule has 3 heterocycles. The molecule has 1 aromatic carbocycles. The van der Waals surface area contributed by atoms with Crippen LogP contribution in [0.4, 0.5) is 0 Å². The van der Waals surface area contributed by atoms with Crippen LogP contribution in [-0.4, -0.2) is 72.2 Å². The zero-order valence-corrected chi connectivity index (χ0v) is 16.8. The molecule has 0 radical (unpaired) electrons. The van der Waals surface area contributed by atoms with Gasteiger partial charge in [0.05, 0.1) is 18.6 Å². The van der Waals surface area contributed by atoms with E-state index in [1.54, 1.807) is 0 Å². The number of morpholine rings is 1.